The first kappa shape index (κ1) is 22.8. The average molecular weight is 458 g/mol. The third-order valence-corrected chi connectivity index (χ3v) is 5.39. The lowest BCUT2D eigenvalue weighted by Crippen LogP contribution is -2.35. The van der Waals surface area contributed by atoms with E-state index in [1.165, 1.54) is 6.07 Å². The number of rotatable bonds is 8. The zero-order valence-electron chi connectivity index (χ0n) is 18.6. The second-order valence-corrected chi connectivity index (χ2v) is 7.63. The molecule has 0 aliphatic carbocycles. The van der Waals surface area contributed by atoms with Gasteiger partial charge in [0.1, 0.15) is 17.3 Å². The Morgan fingerprint density at radius 2 is 1.79 bits per heavy atom. The Bertz CT molecular complexity index is 1350. The van der Waals surface area contributed by atoms with E-state index in [-0.39, 0.29) is 18.1 Å². The summed E-state index contributed by atoms with van der Waals surface area (Å²) in [6.45, 7) is 0.208. The number of carbonyl (C=O) groups excluding carboxylic acids is 2. The van der Waals surface area contributed by atoms with Crippen LogP contribution in [-0.2, 0) is 11.2 Å². The Morgan fingerprint density at radius 1 is 1.03 bits per heavy atom. The summed E-state index contributed by atoms with van der Waals surface area (Å²) >= 11 is 0. The van der Waals surface area contributed by atoms with E-state index in [4.69, 9.17) is 4.74 Å². The van der Waals surface area contributed by atoms with Crippen LogP contribution in [0.2, 0.25) is 0 Å². The molecule has 0 bridgehead atoms. The number of aromatic nitrogens is 1. The Labute approximate surface area is 196 Å². The maximum atomic E-state index is 13.9. The SMILES string of the molecule is COc1ccc2[nH]cc(/C=C(\NC(=O)c3ccccc3)C(=O)NCCc3ccccc3F)c2c1. The highest BCUT2D eigenvalue weighted by Crippen LogP contribution is 2.25. The van der Waals surface area contributed by atoms with E-state index in [0.29, 0.717) is 28.9 Å². The van der Waals surface area contributed by atoms with Gasteiger partial charge < -0.3 is 20.4 Å². The summed E-state index contributed by atoms with van der Waals surface area (Å²) in [6.07, 6.45) is 3.69. The first-order chi connectivity index (χ1) is 16.5. The van der Waals surface area contributed by atoms with Gasteiger partial charge in [0.25, 0.3) is 11.8 Å². The van der Waals surface area contributed by atoms with E-state index in [1.54, 1.807) is 61.8 Å². The molecule has 0 fully saturated rings. The average Bonchev–Trinajstić information content (AvgIpc) is 3.27. The number of ether oxygens (including phenoxy) is 1. The van der Waals surface area contributed by atoms with Crippen molar-refractivity contribution in [2.75, 3.05) is 13.7 Å². The number of amides is 2. The molecule has 0 spiro atoms. The third kappa shape index (κ3) is 5.32. The van der Waals surface area contributed by atoms with Crippen molar-refractivity contribution in [3.05, 3.63) is 107 Å². The van der Waals surface area contributed by atoms with Gasteiger partial charge in [0.05, 0.1) is 7.11 Å². The molecule has 0 aliphatic heterocycles. The van der Waals surface area contributed by atoms with E-state index in [2.05, 4.69) is 15.6 Å². The van der Waals surface area contributed by atoms with Gasteiger partial charge in [0.2, 0.25) is 0 Å². The molecular weight excluding hydrogens is 433 g/mol. The second-order valence-electron chi connectivity index (χ2n) is 7.63. The zero-order valence-corrected chi connectivity index (χ0v) is 18.6. The number of H-pyrrole nitrogens is 1. The highest BCUT2D eigenvalue weighted by atomic mass is 19.1. The van der Waals surface area contributed by atoms with Crippen LogP contribution in [0.25, 0.3) is 17.0 Å². The summed E-state index contributed by atoms with van der Waals surface area (Å²) in [5.41, 5.74) is 2.58. The van der Waals surface area contributed by atoms with Gasteiger partial charge in [-0.05, 0) is 54.5 Å². The summed E-state index contributed by atoms with van der Waals surface area (Å²) < 4.78 is 19.2. The minimum absolute atomic E-state index is 0.0751. The first-order valence-corrected chi connectivity index (χ1v) is 10.8. The normalized spacial score (nSPS) is 11.3. The van der Waals surface area contributed by atoms with Crippen LogP contribution < -0.4 is 15.4 Å². The third-order valence-electron chi connectivity index (χ3n) is 5.39. The molecule has 0 radical (unpaired) electrons. The Kier molecular flexibility index (Phi) is 7.03. The molecule has 0 saturated carbocycles. The molecule has 3 N–H and O–H groups in total. The van der Waals surface area contributed by atoms with Crippen LogP contribution in [0.15, 0.2) is 84.7 Å². The van der Waals surface area contributed by atoms with Crippen molar-refractivity contribution in [2.45, 2.75) is 6.42 Å². The smallest absolute Gasteiger partial charge is 0.267 e. The lowest BCUT2D eigenvalue weighted by molar-refractivity contribution is -0.117. The van der Waals surface area contributed by atoms with Crippen molar-refractivity contribution in [1.82, 2.24) is 15.6 Å². The molecule has 0 unspecified atom stereocenters. The van der Waals surface area contributed by atoms with E-state index in [0.717, 1.165) is 10.9 Å². The minimum atomic E-state index is -0.474. The maximum Gasteiger partial charge on any atom is 0.267 e. The highest BCUT2D eigenvalue weighted by molar-refractivity contribution is 6.06. The van der Waals surface area contributed by atoms with Gasteiger partial charge in [-0.1, -0.05) is 36.4 Å². The number of nitrogens with one attached hydrogen (secondary N) is 3. The quantitative estimate of drug-likeness (QED) is 0.342. The van der Waals surface area contributed by atoms with Crippen LogP contribution in [0.1, 0.15) is 21.5 Å². The largest absolute Gasteiger partial charge is 0.497 e. The molecule has 4 rings (SSSR count). The van der Waals surface area contributed by atoms with Gasteiger partial charge in [-0.2, -0.15) is 0 Å². The molecule has 172 valence electrons. The van der Waals surface area contributed by atoms with Gasteiger partial charge >= 0.3 is 0 Å². The minimum Gasteiger partial charge on any atom is -0.497 e. The van der Waals surface area contributed by atoms with Gasteiger partial charge in [-0.15, -0.1) is 0 Å². The molecule has 0 aliphatic rings. The fraction of sp³-hybridized carbons (Fsp3) is 0.111. The number of hydrogen-bond acceptors (Lipinski definition) is 3. The van der Waals surface area contributed by atoms with Crippen molar-refractivity contribution in [1.29, 1.82) is 0 Å². The highest BCUT2D eigenvalue weighted by Gasteiger charge is 2.16. The molecule has 0 saturated heterocycles. The van der Waals surface area contributed by atoms with Gasteiger partial charge in [-0.25, -0.2) is 4.39 Å². The number of hydrogen-bond donors (Lipinski definition) is 3. The molecule has 3 aromatic carbocycles. The van der Waals surface area contributed by atoms with Crippen LogP contribution in [-0.4, -0.2) is 30.5 Å². The Balaban J connectivity index is 1.59. The summed E-state index contributed by atoms with van der Waals surface area (Å²) in [4.78, 5) is 29.0. The molecular formula is C27H24FN3O3. The van der Waals surface area contributed by atoms with Crippen LogP contribution in [0.3, 0.4) is 0 Å². The summed E-state index contributed by atoms with van der Waals surface area (Å²) in [5, 5.41) is 6.33. The fourth-order valence-corrected chi connectivity index (χ4v) is 3.57. The number of aromatic amines is 1. The van der Waals surface area contributed by atoms with Crippen LogP contribution in [0.4, 0.5) is 4.39 Å². The van der Waals surface area contributed by atoms with Crippen molar-refractivity contribution >= 4 is 28.8 Å². The van der Waals surface area contributed by atoms with Crippen LogP contribution in [0.5, 0.6) is 5.75 Å². The maximum absolute atomic E-state index is 13.9. The number of benzene rings is 3. The predicted octanol–water partition coefficient (Wildman–Crippen LogP) is 4.45. The molecule has 6 nitrogen and oxygen atoms in total. The number of carbonyl (C=O) groups is 2. The zero-order chi connectivity index (χ0) is 23.9. The monoisotopic (exact) mass is 457 g/mol. The fourth-order valence-electron chi connectivity index (χ4n) is 3.57. The van der Waals surface area contributed by atoms with E-state index in [9.17, 15) is 14.0 Å². The number of methoxy groups -OCH3 is 1. The van der Waals surface area contributed by atoms with Crippen molar-refractivity contribution < 1.29 is 18.7 Å². The molecule has 0 atom stereocenters. The Morgan fingerprint density at radius 3 is 2.56 bits per heavy atom. The molecule has 34 heavy (non-hydrogen) atoms. The van der Waals surface area contributed by atoms with E-state index >= 15 is 0 Å². The van der Waals surface area contributed by atoms with E-state index in [1.807, 2.05) is 24.3 Å². The number of fused-ring (bicyclic) bond motifs is 1. The van der Waals surface area contributed by atoms with E-state index < -0.39 is 11.8 Å². The van der Waals surface area contributed by atoms with Crippen molar-refractivity contribution in [2.24, 2.45) is 0 Å². The Hall–Kier alpha value is -4.39. The topological polar surface area (TPSA) is 83.2 Å². The van der Waals surface area contributed by atoms with Gasteiger partial charge in [0.15, 0.2) is 0 Å². The van der Waals surface area contributed by atoms with Crippen LogP contribution in [0, 0.1) is 5.82 Å². The standard InChI is InChI=1S/C27H24FN3O3/c1-34-21-11-12-24-22(16-21)20(17-30-24)15-25(31-26(32)19-8-3-2-4-9-19)27(33)29-14-13-18-7-5-6-10-23(18)28/h2-12,15-17,30H,13-14H2,1H3,(H,29,33)(H,31,32)/b25-15-. The summed E-state index contributed by atoms with van der Waals surface area (Å²) in [5.74, 6) is -0.532. The van der Waals surface area contributed by atoms with Crippen molar-refractivity contribution in [3.63, 3.8) is 0 Å². The number of halogens is 1. The molecule has 2 amide bonds. The van der Waals surface area contributed by atoms with Gasteiger partial charge in [0, 0.05) is 34.8 Å². The molecule has 7 heteroatoms. The second kappa shape index (κ2) is 10.5. The summed E-state index contributed by atoms with van der Waals surface area (Å²) in [6, 6.07) is 20.6. The first-order valence-electron chi connectivity index (χ1n) is 10.8. The van der Waals surface area contributed by atoms with Crippen molar-refractivity contribution in [3.8, 4) is 5.75 Å². The summed E-state index contributed by atoms with van der Waals surface area (Å²) in [7, 11) is 1.58. The molecule has 1 heterocycles. The lowest BCUT2D eigenvalue weighted by Gasteiger charge is -2.11. The molecule has 1 aromatic heterocycles. The molecule has 4 aromatic rings. The predicted molar refractivity (Wildman–Crippen MR) is 130 cm³/mol. The van der Waals surface area contributed by atoms with Crippen LogP contribution >= 0.6 is 0 Å². The van der Waals surface area contributed by atoms with Gasteiger partial charge in [-0.3, -0.25) is 9.59 Å². The lowest BCUT2D eigenvalue weighted by atomic mass is 10.1.